The summed E-state index contributed by atoms with van der Waals surface area (Å²) in [6.07, 6.45) is 6.53. The Labute approximate surface area is 303 Å². The number of hydrogen-bond acceptors (Lipinski definition) is 7. The number of carbonyl (C=O) groups excluding carboxylic acids is 2. The van der Waals surface area contributed by atoms with E-state index in [0.717, 1.165) is 5.56 Å². The fraction of sp³-hybridized carbons (Fsp3) is 0.444. The van der Waals surface area contributed by atoms with E-state index >= 15 is 0 Å². The zero-order chi connectivity index (χ0) is 35.5. The van der Waals surface area contributed by atoms with Crippen molar-refractivity contribution in [1.29, 1.82) is 5.26 Å². The van der Waals surface area contributed by atoms with Crippen LogP contribution < -0.4 is 4.74 Å². The first-order valence-electron chi connectivity index (χ1n) is 16.2. The van der Waals surface area contributed by atoms with E-state index in [4.69, 9.17) is 49.4 Å². The van der Waals surface area contributed by atoms with Gasteiger partial charge in [0.2, 0.25) is 0 Å². The second-order valence-corrected chi connectivity index (χ2v) is 14.1. The summed E-state index contributed by atoms with van der Waals surface area (Å²) in [5.41, 5.74) is 1.15. The molecule has 2 aromatic rings. The number of benzene rings is 2. The summed E-state index contributed by atoms with van der Waals surface area (Å²) in [6.45, 7) is 7.83. The second-order valence-electron chi connectivity index (χ2n) is 12.8. The minimum Gasteiger partial charge on any atom is -0.493 e. The monoisotopic (exact) mass is 726 g/mol. The van der Waals surface area contributed by atoms with Crippen LogP contribution in [0.25, 0.3) is 0 Å². The number of nitriles is 1. The quantitative estimate of drug-likeness (QED) is 0.263. The molecule has 0 saturated carbocycles. The first-order chi connectivity index (χ1) is 23.4. The van der Waals surface area contributed by atoms with Crippen LogP contribution in [0.3, 0.4) is 0 Å². The molecule has 3 aliphatic rings. The van der Waals surface area contributed by atoms with Crippen molar-refractivity contribution in [3.05, 3.63) is 86.4 Å². The van der Waals surface area contributed by atoms with E-state index in [2.05, 4.69) is 6.07 Å². The Morgan fingerprint density at radius 3 is 2.39 bits per heavy atom. The van der Waals surface area contributed by atoms with Gasteiger partial charge < -0.3 is 9.64 Å². The molecule has 3 amide bonds. The van der Waals surface area contributed by atoms with Crippen LogP contribution in [-0.2, 0) is 15.0 Å². The van der Waals surface area contributed by atoms with Crippen LogP contribution >= 0.6 is 34.8 Å². The zero-order valence-electron chi connectivity index (χ0n) is 28.3. The number of rotatable bonds is 9. The molecular formula is C36H41Cl3N6O4. The van der Waals surface area contributed by atoms with Gasteiger partial charge in [0, 0.05) is 54.2 Å². The van der Waals surface area contributed by atoms with Crippen LogP contribution in [-0.4, -0.2) is 97.1 Å². The molecule has 0 radical (unpaired) electrons. The van der Waals surface area contributed by atoms with E-state index in [0.29, 0.717) is 77.0 Å². The molecule has 0 spiro atoms. The highest BCUT2D eigenvalue weighted by Crippen LogP contribution is 2.44. The van der Waals surface area contributed by atoms with Crippen LogP contribution in [0.1, 0.15) is 49.9 Å². The van der Waals surface area contributed by atoms with Gasteiger partial charge in [-0.3, -0.25) is 24.4 Å². The van der Waals surface area contributed by atoms with E-state index < -0.39 is 11.5 Å². The molecule has 1 unspecified atom stereocenters. The number of amides is 3. The number of nitrogens with zero attached hydrogens (tertiary/aromatic N) is 6. The molecule has 0 aromatic heterocycles. The number of ether oxygens (including phenoxy) is 1. The Balaban J connectivity index is 1.60. The summed E-state index contributed by atoms with van der Waals surface area (Å²) in [5.74, 6) is 0.666. The van der Waals surface area contributed by atoms with Crippen molar-refractivity contribution in [2.45, 2.75) is 44.7 Å². The summed E-state index contributed by atoms with van der Waals surface area (Å²) in [7, 11) is 3.02. The lowest BCUT2D eigenvalue weighted by molar-refractivity contribution is -0.170. The Morgan fingerprint density at radius 2 is 1.80 bits per heavy atom. The van der Waals surface area contributed by atoms with E-state index in [1.54, 1.807) is 42.8 Å². The van der Waals surface area contributed by atoms with Crippen LogP contribution in [0.2, 0.25) is 10.0 Å². The van der Waals surface area contributed by atoms with Crippen molar-refractivity contribution in [3.63, 3.8) is 0 Å². The van der Waals surface area contributed by atoms with Gasteiger partial charge in [0.15, 0.2) is 0 Å². The number of hydroxylamine groups is 2. The maximum Gasteiger partial charge on any atom is 0.326 e. The molecule has 5 rings (SSSR count). The molecule has 13 heteroatoms. The lowest BCUT2D eigenvalue weighted by Crippen LogP contribution is -2.55. The lowest BCUT2D eigenvalue weighted by Gasteiger charge is -2.39. The molecule has 49 heavy (non-hydrogen) atoms. The van der Waals surface area contributed by atoms with Gasteiger partial charge in [-0.1, -0.05) is 59.1 Å². The third kappa shape index (κ3) is 7.92. The van der Waals surface area contributed by atoms with E-state index in [9.17, 15) is 14.9 Å². The molecule has 2 aromatic carbocycles. The van der Waals surface area contributed by atoms with Gasteiger partial charge in [0.25, 0.3) is 5.91 Å². The fourth-order valence-electron chi connectivity index (χ4n) is 6.35. The van der Waals surface area contributed by atoms with Gasteiger partial charge in [-0.05, 0) is 68.7 Å². The molecule has 260 valence electrons. The minimum atomic E-state index is -0.888. The summed E-state index contributed by atoms with van der Waals surface area (Å²) >= 11 is 19.6. The number of carbonyl (C=O) groups is 2. The molecule has 0 bridgehead atoms. The number of urea groups is 1. The molecule has 3 atom stereocenters. The number of halogens is 3. The van der Waals surface area contributed by atoms with Crippen molar-refractivity contribution < 1.29 is 19.2 Å². The fourth-order valence-corrected chi connectivity index (χ4v) is 7.04. The van der Waals surface area contributed by atoms with Crippen LogP contribution in [0, 0.1) is 17.2 Å². The number of aliphatic imine (C=N–C) groups is 1. The predicted molar refractivity (Wildman–Crippen MR) is 192 cm³/mol. The van der Waals surface area contributed by atoms with Crippen LogP contribution in [0.15, 0.2) is 64.7 Å². The maximum atomic E-state index is 14.9. The Hall–Kier alpha value is -3.59. The van der Waals surface area contributed by atoms with Crippen LogP contribution in [0.4, 0.5) is 4.79 Å². The van der Waals surface area contributed by atoms with Crippen molar-refractivity contribution in [1.82, 2.24) is 19.8 Å². The number of likely N-dealkylation sites (N-methyl/N-ethyl adjacent to an activating group) is 1. The lowest BCUT2D eigenvalue weighted by atomic mass is 9.85. The summed E-state index contributed by atoms with van der Waals surface area (Å²) < 4.78 is 6.18. The normalized spacial score (nSPS) is 21.2. The summed E-state index contributed by atoms with van der Waals surface area (Å²) in [6, 6.07) is 12.2. The highest BCUT2D eigenvalue weighted by Gasteiger charge is 2.47. The first kappa shape index (κ1) is 36.7. The predicted octanol–water partition coefficient (Wildman–Crippen LogP) is 6.82. The van der Waals surface area contributed by atoms with E-state index in [1.165, 1.54) is 12.2 Å². The standard InChI is InChI=1S/C36H41Cl3N6O4/c1-6-49-30-20-28(36(2,3)22-40)29(39)19-27(30)34-41-32(23-7-11-25(37)12-8-23)33(24-9-13-26(38)14-10-24)45(34)35(47)44-17-15-43(16-18-44)21-31(46)42(4)48-5/h7,9-14,19-20,23,32-33H,6,8,15-18,21H2,1-5H3/t23?,32-,33+/m0/s1. The van der Waals surface area contributed by atoms with Gasteiger partial charge in [-0.25, -0.2) is 9.86 Å². The third-order valence-corrected chi connectivity index (χ3v) is 10.1. The minimum absolute atomic E-state index is 0.0700. The number of allylic oxidation sites excluding steroid dienone is 3. The maximum absolute atomic E-state index is 14.9. The molecule has 10 nitrogen and oxygen atoms in total. The van der Waals surface area contributed by atoms with Gasteiger partial charge >= 0.3 is 6.03 Å². The summed E-state index contributed by atoms with van der Waals surface area (Å²) in [5, 5.41) is 12.7. The Morgan fingerprint density at radius 1 is 1.10 bits per heavy atom. The van der Waals surface area contributed by atoms with Gasteiger partial charge in [0.1, 0.15) is 11.6 Å². The van der Waals surface area contributed by atoms with E-state index in [-0.39, 0.29) is 30.4 Å². The van der Waals surface area contributed by atoms with Gasteiger partial charge in [-0.15, -0.1) is 0 Å². The average molecular weight is 728 g/mol. The van der Waals surface area contributed by atoms with Crippen molar-refractivity contribution in [3.8, 4) is 11.8 Å². The molecule has 1 fully saturated rings. The molecule has 1 aliphatic carbocycles. The van der Waals surface area contributed by atoms with Crippen molar-refractivity contribution in [2.75, 3.05) is 53.5 Å². The Kier molecular flexibility index (Phi) is 11.6. The highest BCUT2D eigenvalue weighted by atomic mass is 35.5. The van der Waals surface area contributed by atoms with E-state index in [1.807, 2.05) is 54.3 Å². The molecule has 0 N–H and O–H groups in total. The van der Waals surface area contributed by atoms with Gasteiger partial charge in [-0.2, -0.15) is 5.26 Å². The van der Waals surface area contributed by atoms with Gasteiger partial charge in [0.05, 0.1) is 49.4 Å². The van der Waals surface area contributed by atoms with Crippen molar-refractivity contribution >= 4 is 52.6 Å². The van der Waals surface area contributed by atoms with Crippen LogP contribution in [0.5, 0.6) is 5.75 Å². The summed E-state index contributed by atoms with van der Waals surface area (Å²) in [4.78, 5) is 43.3. The number of piperazine rings is 1. The Bertz CT molecular complexity index is 1700. The number of amidine groups is 1. The van der Waals surface area contributed by atoms with Crippen molar-refractivity contribution in [2.24, 2.45) is 10.9 Å². The number of hydrogen-bond donors (Lipinski definition) is 0. The third-order valence-electron chi connectivity index (χ3n) is 9.23. The topological polar surface area (TPSA) is 102 Å². The molecular weight excluding hydrogens is 687 g/mol. The largest absolute Gasteiger partial charge is 0.493 e. The average Bonchev–Trinajstić information content (AvgIpc) is 3.49. The first-order valence-corrected chi connectivity index (χ1v) is 17.4. The SMILES string of the molecule is CCOc1cc(C(C)(C)C#N)c(Cl)cc1C1=N[C@@H](C2C=CC(Cl)=CC2)[C@@H](c2ccc(Cl)cc2)N1C(=O)N1CCN(CC(=O)N(C)OC)CC1. The smallest absolute Gasteiger partial charge is 0.326 e. The second kappa shape index (κ2) is 15.5. The molecule has 1 saturated heterocycles. The molecule has 2 heterocycles. The highest BCUT2D eigenvalue weighted by molar-refractivity contribution is 6.32. The molecule has 2 aliphatic heterocycles. The zero-order valence-corrected chi connectivity index (χ0v) is 30.6.